The van der Waals surface area contributed by atoms with Gasteiger partial charge in [-0.1, -0.05) is 0 Å². The van der Waals surface area contributed by atoms with E-state index in [1.54, 1.807) is 0 Å². The Morgan fingerprint density at radius 3 is 2.22 bits per heavy atom. The second-order valence-corrected chi connectivity index (χ2v) is 4.84. The van der Waals surface area contributed by atoms with Gasteiger partial charge in [-0.15, -0.1) is 0 Å². The number of nitrogens with zero attached hydrogens (tertiary/aromatic N) is 3. The number of piperazine rings is 1. The molecule has 0 aromatic carbocycles. The predicted molar refractivity (Wildman–Crippen MR) is 67.1 cm³/mol. The molecule has 0 aliphatic carbocycles. The lowest BCUT2D eigenvalue weighted by atomic mass is 10.2. The van der Waals surface area contributed by atoms with Gasteiger partial charge in [0.2, 0.25) is 5.91 Å². The summed E-state index contributed by atoms with van der Waals surface area (Å²) >= 11 is 0. The van der Waals surface area contributed by atoms with Crippen molar-refractivity contribution >= 4 is 5.91 Å². The number of hydrogen-bond donors (Lipinski definition) is 1. The van der Waals surface area contributed by atoms with Crippen LogP contribution in [0.15, 0.2) is 0 Å². The zero-order valence-corrected chi connectivity index (χ0v) is 10.9. The highest BCUT2D eigenvalue weighted by Crippen LogP contribution is 2.04. The Bertz CT molecular complexity index is 261. The summed E-state index contributed by atoms with van der Waals surface area (Å²) in [5.74, 6) is 0.239. The molecule has 2 aliphatic rings. The first-order valence-corrected chi connectivity index (χ1v) is 6.70. The van der Waals surface area contributed by atoms with Crippen molar-refractivity contribution in [3.63, 3.8) is 0 Å². The number of aliphatic hydroxyl groups excluding tert-OH is 1. The minimum absolute atomic E-state index is 0.139. The van der Waals surface area contributed by atoms with E-state index in [-0.39, 0.29) is 12.6 Å². The van der Waals surface area contributed by atoms with E-state index in [1.807, 2.05) is 9.80 Å². The molecule has 2 rings (SSSR count). The predicted octanol–water partition coefficient (Wildman–Crippen LogP) is -1.20. The van der Waals surface area contributed by atoms with Gasteiger partial charge in [-0.25, -0.2) is 0 Å². The topological polar surface area (TPSA) is 56.2 Å². The van der Waals surface area contributed by atoms with E-state index in [1.165, 1.54) is 0 Å². The molecule has 1 amide bonds. The summed E-state index contributed by atoms with van der Waals surface area (Å²) in [5, 5.41) is 9.00. The lowest BCUT2D eigenvalue weighted by molar-refractivity contribution is -0.135. The minimum atomic E-state index is 0.139. The summed E-state index contributed by atoms with van der Waals surface area (Å²) in [6, 6.07) is 0. The number of amides is 1. The zero-order chi connectivity index (χ0) is 12.8. The molecule has 6 heteroatoms. The maximum atomic E-state index is 12.0. The van der Waals surface area contributed by atoms with Gasteiger partial charge in [0.25, 0.3) is 0 Å². The van der Waals surface area contributed by atoms with Crippen LogP contribution >= 0.6 is 0 Å². The van der Waals surface area contributed by atoms with Gasteiger partial charge in [0.15, 0.2) is 0 Å². The normalized spacial score (nSPS) is 23.3. The van der Waals surface area contributed by atoms with Gasteiger partial charge >= 0.3 is 0 Å². The molecule has 2 aliphatic heterocycles. The molecule has 104 valence electrons. The summed E-state index contributed by atoms with van der Waals surface area (Å²) < 4.78 is 5.23. The molecule has 1 N–H and O–H groups in total. The summed E-state index contributed by atoms with van der Waals surface area (Å²) in [7, 11) is 0. The van der Waals surface area contributed by atoms with Crippen molar-refractivity contribution in [3.8, 4) is 0 Å². The average Bonchev–Trinajstić information content (AvgIpc) is 2.46. The van der Waals surface area contributed by atoms with Gasteiger partial charge in [-0.2, -0.15) is 0 Å². The third kappa shape index (κ3) is 3.91. The van der Waals surface area contributed by atoms with Crippen LogP contribution in [0.25, 0.3) is 0 Å². The largest absolute Gasteiger partial charge is 0.381 e. The number of morpholine rings is 1. The summed E-state index contributed by atoms with van der Waals surface area (Å²) in [6.45, 7) is 7.43. The van der Waals surface area contributed by atoms with Crippen LogP contribution in [0, 0.1) is 0 Å². The summed E-state index contributed by atoms with van der Waals surface area (Å²) in [6.07, 6.45) is 0.596. The van der Waals surface area contributed by atoms with Crippen molar-refractivity contribution in [1.82, 2.24) is 14.7 Å². The molecule has 0 radical (unpaired) electrons. The first kappa shape index (κ1) is 13.7. The van der Waals surface area contributed by atoms with Crippen LogP contribution in [0.5, 0.6) is 0 Å². The maximum Gasteiger partial charge on any atom is 0.224 e. The highest BCUT2D eigenvalue weighted by molar-refractivity contribution is 5.76. The highest BCUT2D eigenvalue weighted by Gasteiger charge is 2.20. The molecule has 0 aromatic rings. The van der Waals surface area contributed by atoms with Crippen LogP contribution in [-0.2, 0) is 9.53 Å². The van der Waals surface area contributed by atoms with E-state index in [2.05, 4.69) is 4.90 Å². The van der Waals surface area contributed by atoms with E-state index in [4.69, 9.17) is 9.84 Å². The fourth-order valence-corrected chi connectivity index (χ4v) is 2.38. The monoisotopic (exact) mass is 257 g/mol. The molecular weight excluding hydrogens is 234 g/mol. The van der Waals surface area contributed by atoms with Crippen LogP contribution in [0.2, 0.25) is 0 Å². The molecule has 0 aromatic heterocycles. The Kier molecular flexibility index (Phi) is 5.37. The lowest BCUT2D eigenvalue weighted by Crippen LogP contribution is -2.48. The molecule has 18 heavy (non-hydrogen) atoms. The third-order valence-corrected chi connectivity index (χ3v) is 3.67. The molecule has 0 bridgehead atoms. The molecule has 2 heterocycles. The van der Waals surface area contributed by atoms with Gasteiger partial charge in [0, 0.05) is 52.2 Å². The van der Waals surface area contributed by atoms with E-state index in [0.29, 0.717) is 19.6 Å². The summed E-state index contributed by atoms with van der Waals surface area (Å²) in [5.41, 5.74) is 0. The number of rotatable bonds is 4. The van der Waals surface area contributed by atoms with Gasteiger partial charge in [0.05, 0.1) is 19.9 Å². The number of aliphatic hydroxyl groups is 1. The fourth-order valence-electron chi connectivity index (χ4n) is 2.38. The number of carbonyl (C=O) groups is 1. The smallest absolute Gasteiger partial charge is 0.224 e. The van der Waals surface area contributed by atoms with E-state index in [9.17, 15) is 4.79 Å². The fraction of sp³-hybridized carbons (Fsp3) is 0.917. The first-order chi connectivity index (χ1) is 8.79. The average molecular weight is 257 g/mol. The van der Waals surface area contributed by atoms with E-state index < -0.39 is 0 Å². The van der Waals surface area contributed by atoms with Crippen molar-refractivity contribution < 1.29 is 14.6 Å². The van der Waals surface area contributed by atoms with E-state index in [0.717, 1.165) is 45.8 Å². The van der Waals surface area contributed by atoms with E-state index >= 15 is 0 Å². The number of ether oxygens (including phenoxy) is 1. The van der Waals surface area contributed by atoms with Crippen LogP contribution in [0.4, 0.5) is 0 Å². The zero-order valence-electron chi connectivity index (χ0n) is 10.9. The Balaban J connectivity index is 1.63. The third-order valence-electron chi connectivity index (χ3n) is 3.67. The van der Waals surface area contributed by atoms with Crippen molar-refractivity contribution in [2.45, 2.75) is 6.42 Å². The van der Waals surface area contributed by atoms with Gasteiger partial charge in [-0.05, 0) is 0 Å². The molecule has 2 saturated heterocycles. The van der Waals surface area contributed by atoms with Crippen molar-refractivity contribution in [2.24, 2.45) is 0 Å². The molecule has 2 fully saturated rings. The number of hydrogen-bond acceptors (Lipinski definition) is 5. The van der Waals surface area contributed by atoms with Crippen LogP contribution in [0.1, 0.15) is 6.42 Å². The van der Waals surface area contributed by atoms with Gasteiger partial charge in [0.1, 0.15) is 0 Å². The molecule has 0 atom stereocenters. The maximum absolute atomic E-state index is 12.0. The Hall–Kier alpha value is -0.690. The number of carbonyl (C=O) groups excluding carboxylic acids is 1. The highest BCUT2D eigenvalue weighted by atomic mass is 16.5. The van der Waals surface area contributed by atoms with Crippen molar-refractivity contribution in [1.29, 1.82) is 0 Å². The van der Waals surface area contributed by atoms with Gasteiger partial charge in [-0.3, -0.25) is 9.69 Å². The Labute approximate surface area is 108 Å². The Morgan fingerprint density at radius 1 is 1.00 bits per heavy atom. The van der Waals surface area contributed by atoms with Crippen LogP contribution in [-0.4, -0.2) is 91.5 Å². The summed E-state index contributed by atoms with van der Waals surface area (Å²) in [4.78, 5) is 18.2. The minimum Gasteiger partial charge on any atom is -0.381 e. The van der Waals surface area contributed by atoms with Crippen molar-refractivity contribution in [2.75, 3.05) is 65.8 Å². The molecule has 6 nitrogen and oxygen atoms in total. The molecular formula is C12H23N3O3. The second-order valence-electron chi connectivity index (χ2n) is 4.84. The molecule has 0 saturated carbocycles. The quantitative estimate of drug-likeness (QED) is 0.686. The van der Waals surface area contributed by atoms with Crippen LogP contribution < -0.4 is 0 Å². The molecule has 0 unspecified atom stereocenters. The van der Waals surface area contributed by atoms with Crippen molar-refractivity contribution in [3.05, 3.63) is 0 Å². The Morgan fingerprint density at radius 2 is 1.61 bits per heavy atom. The first-order valence-electron chi connectivity index (χ1n) is 6.70. The molecule has 0 spiro atoms. The van der Waals surface area contributed by atoms with Crippen LogP contribution in [0.3, 0.4) is 0 Å². The standard InChI is InChI=1S/C12H23N3O3/c16-11-14-5-3-13(4-6-14)2-1-12(17)15-7-9-18-10-8-15/h16H,1-11H2. The lowest BCUT2D eigenvalue weighted by Gasteiger charge is -2.34. The second kappa shape index (κ2) is 7.04. The SMILES string of the molecule is O=C(CCN1CCN(CO)CC1)N1CCOCC1. The van der Waals surface area contributed by atoms with Gasteiger partial charge < -0.3 is 19.6 Å².